The van der Waals surface area contributed by atoms with Crippen molar-refractivity contribution >= 4 is 21.8 Å². The Morgan fingerprint density at radius 2 is 2.05 bits per heavy atom. The number of carbonyl (C=O) groups is 1. The second kappa shape index (κ2) is 5.93. The normalized spacial score (nSPS) is 14.0. The first-order chi connectivity index (χ1) is 10.1. The van der Waals surface area contributed by atoms with Gasteiger partial charge in [0.15, 0.2) is 0 Å². The molecule has 1 aromatic heterocycles. The van der Waals surface area contributed by atoms with Gasteiger partial charge in [0, 0.05) is 23.3 Å². The molecule has 1 saturated carbocycles. The molecule has 5 heteroatoms. The van der Waals surface area contributed by atoms with Gasteiger partial charge in [-0.1, -0.05) is 34.1 Å². The van der Waals surface area contributed by atoms with Crippen molar-refractivity contribution in [2.75, 3.05) is 0 Å². The molecule has 0 spiro atoms. The van der Waals surface area contributed by atoms with Gasteiger partial charge in [0.25, 0.3) is 5.91 Å². The predicted molar refractivity (Wildman–Crippen MR) is 81.2 cm³/mol. The number of hydrogen-bond acceptors (Lipinski definition) is 2. The van der Waals surface area contributed by atoms with E-state index in [1.807, 2.05) is 29.2 Å². The van der Waals surface area contributed by atoms with E-state index in [0.29, 0.717) is 12.1 Å². The summed E-state index contributed by atoms with van der Waals surface area (Å²) in [4.78, 5) is 18.0. The summed E-state index contributed by atoms with van der Waals surface area (Å²) in [7, 11) is 0. The van der Waals surface area contributed by atoms with E-state index in [2.05, 4.69) is 20.9 Å². The number of amides is 1. The molecule has 1 fully saturated rings. The molecule has 3 nitrogen and oxygen atoms in total. The summed E-state index contributed by atoms with van der Waals surface area (Å²) >= 11 is 3.51. The Morgan fingerprint density at radius 3 is 2.67 bits per heavy atom. The number of halogens is 2. The lowest BCUT2D eigenvalue weighted by molar-refractivity contribution is 0.0729. The van der Waals surface area contributed by atoms with Gasteiger partial charge < -0.3 is 4.90 Å². The molecule has 1 amide bonds. The zero-order valence-electron chi connectivity index (χ0n) is 11.3. The van der Waals surface area contributed by atoms with Crippen LogP contribution in [0.5, 0.6) is 0 Å². The Kier molecular flexibility index (Phi) is 4.01. The molecular weight excluding hydrogens is 335 g/mol. The van der Waals surface area contributed by atoms with Crippen LogP contribution in [0, 0.1) is 5.95 Å². The molecule has 1 aliphatic rings. The van der Waals surface area contributed by atoms with Gasteiger partial charge >= 0.3 is 0 Å². The number of aromatic nitrogens is 1. The second-order valence-corrected chi connectivity index (χ2v) is 5.98. The van der Waals surface area contributed by atoms with Crippen LogP contribution in [0.2, 0.25) is 0 Å². The van der Waals surface area contributed by atoms with Gasteiger partial charge in [0.1, 0.15) is 0 Å². The van der Waals surface area contributed by atoms with E-state index in [4.69, 9.17) is 0 Å². The van der Waals surface area contributed by atoms with Gasteiger partial charge in [-0.3, -0.25) is 4.79 Å². The molecular formula is C16H14BrFN2O. The summed E-state index contributed by atoms with van der Waals surface area (Å²) in [6.45, 7) is 0.544. The standard InChI is InChI=1S/C16H14BrFN2O/c17-14-4-2-1-3-12(14)10-20(13-6-7-13)16(21)11-5-8-15(18)19-9-11/h1-5,8-9,13H,6-7,10H2. The lowest BCUT2D eigenvalue weighted by atomic mass is 10.2. The first-order valence-corrected chi connectivity index (χ1v) is 7.60. The fourth-order valence-corrected chi connectivity index (χ4v) is 2.64. The highest BCUT2D eigenvalue weighted by Crippen LogP contribution is 2.31. The van der Waals surface area contributed by atoms with E-state index in [1.165, 1.54) is 18.3 Å². The Balaban J connectivity index is 1.83. The fourth-order valence-electron chi connectivity index (χ4n) is 2.23. The van der Waals surface area contributed by atoms with Crippen LogP contribution in [-0.2, 0) is 6.54 Å². The zero-order valence-corrected chi connectivity index (χ0v) is 12.9. The summed E-state index contributed by atoms with van der Waals surface area (Å²) in [5.41, 5.74) is 1.49. The molecule has 1 aliphatic carbocycles. The fraction of sp³-hybridized carbons (Fsp3) is 0.250. The minimum atomic E-state index is -0.574. The molecule has 1 aromatic carbocycles. The minimum absolute atomic E-state index is 0.0965. The third-order valence-corrected chi connectivity index (χ3v) is 4.29. The number of pyridine rings is 1. The molecule has 108 valence electrons. The average molecular weight is 349 g/mol. The Hall–Kier alpha value is -1.75. The first kappa shape index (κ1) is 14.2. The lowest BCUT2D eigenvalue weighted by Gasteiger charge is -2.23. The second-order valence-electron chi connectivity index (χ2n) is 5.13. The quantitative estimate of drug-likeness (QED) is 0.787. The number of benzene rings is 1. The molecule has 0 bridgehead atoms. The number of rotatable bonds is 4. The van der Waals surface area contributed by atoms with Crippen molar-refractivity contribution < 1.29 is 9.18 Å². The Morgan fingerprint density at radius 1 is 1.29 bits per heavy atom. The lowest BCUT2D eigenvalue weighted by Crippen LogP contribution is -2.32. The molecule has 0 atom stereocenters. The SMILES string of the molecule is O=C(c1ccc(F)nc1)N(Cc1ccccc1Br)C1CC1. The van der Waals surface area contributed by atoms with Gasteiger partial charge in [-0.15, -0.1) is 0 Å². The predicted octanol–water partition coefficient (Wildman–Crippen LogP) is 3.79. The summed E-state index contributed by atoms with van der Waals surface area (Å²) in [5, 5.41) is 0. The largest absolute Gasteiger partial charge is 0.331 e. The Labute approximate surface area is 130 Å². The minimum Gasteiger partial charge on any atom is -0.331 e. The van der Waals surface area contributed by atoms with Crippen molar-refractivity contribution in [2.45, 2.75) is 25.4 Å². The zero-order chi connectivity index (χ0) is 14.8. The number of hydrogen-bond donors (Lipinski definition) is 0. The number of nitrogens with zero attached hydrogens (tertiary/aromatic N) is 2. The van der Waals surface area contributed by atoms with Crippen molar-refractivity contribution in [3.8, 4) is 0 Å². The average Bonchev–Trinajstić information content (AvgIpc) is 3.31. The van der Waals surface area contributed by atoms with Crippen LogP contribution in [0.3, 0.4) is 0 Å². The monoisotopic (exact) mass is 348 g/mol. The molecule has 0 unspecified atom stereocenters. The van der Waals surface area contributed by atoms with E-state index < -0.39 is 5.95 Å². The van der Waals surface area contributed by atoms with Crippen LogP contribution in [0.4, 0.5) is 4.39 Å². The summed E-state index contributed by atoms with van der Waals surface area (Å²) in [6.07, 6.45) is 3.34. The van der Waals surface area contributed by atoms with E-state index in [9.17, 15) is 9.18 Å². The van der Waals surface area contributed by atoms with Crippen LogP contribution in [0.15, 0.2) is 47.1 Å². The van der Waals surface area contributed by atoms with Crippen molar-refractivity contribution in [3.05, 3.63) is 64.1 Å². The summed E-state index contributed by atoms with van der Waals surface area (Å²) in [6, 6.07) is 10.8. The maximum absolute atomic E-state index is 12.9. The molecule has 21 heavy (non-hydrogen) atoms. The van der Waals surface area contributed by atoms with Crippen LogP contribution >= 0.6 is 15.9 Å². The van der Waals surface area contributed by atoms with E-state index >= 15 is 0 Å². The highest BCUT2D eigenvalue weighted by Gasteiger charge is 2.33. The molecule has 3 rings (SSSR count). The molecule has 2 aromatic rings. The van der Waals surface area contributed by atoms with Gasteiger partial charge in [0.05, 0.1) is 5.56 Å². The first-order valence-electron chi connectivity index (χ1n) is 6.81. The van der Waals surface area contributed by atoms with E-state index in [0.717, 1.165) is 22.9 Å². The summed E-state index contributed by atoms with van der Waals surface area (Å²) < 4.78 is 13.9. The third kappa shape index (κ3) is 3.29. The Bertz CT molecular complexity index is 656. The molecule has 0 radical (unpaired) electrons. The smallest absolute Gasteiger partial charge is 0.255 e. The highest BCUT2D eigenvalue weighted by molar-refractivity contribution is 9.10. The number of carbonyl (C=O) groups excluding carboxylic acids is 1. The molecule has 0 aliphatic heterocycles. The van der Waals surface area contributed by atoms with Crippen molar-refractivity contribution in [1.82, 2.24) is 9.88 Å². The van der Waals surface area contributed by atoms with Gasteiger partial charge in [0.2, 0.25) is 5.95 Å². The van der Waals surface area contributed by atoms with E-state index in [1.54, 1.807) is 0 Å². The molecule has 1 heterocycles. The maximum Gasteiger partial charge on any atom is 0.255 e. The summed E-state index contributed by atoms with van der Waals surface area (Å²) in [5.74, 6) is -0.670. The van der Waals surface area contributed by atoms with Crippen molar-refractivity contribution in [1.29, 1.82) is 0 Å². The molecule has 0 saturated heterocycles. The van der Waals surface area contributed by atoms with Gasteiger partial charge in [-0.2, -0.15) is 4.39 Å². The van der Waals surface area contributed by atoms with Crippen LogP contribution in [0.25, 0.3) is 0 Å². The topological polar surface area (TPSA) is 33.2 Å². The van der Waals surface area contributed by atoms with Crippen LogP contribution in [0.1, 0.15) is 28.8 Å². The maximum atomic E-state index is 12.9. The third-order valence-electron chi connectivity index (χ3n) is 3.52. The van der Waals surface area contributed by atoms with Gasteiger partial charge in [-0.05, 0) is 36.6 Å². The highest BCUT2D eigenvalue weighted by atomic mass is 79.9. The van der Waals surface area contributed by atoms with Crippen LogP contribution in [-0.4, -0.2) is 21.8 Å². The van der Waals surface area contributed by atoms with Gasteiger partial charge in [-0.25, -0.2) is 4.98 Å². The molecule has 0 N–H and O–H groups in total. The van der Waals surface area contributed by atoms with Crippen LogP contribution < -0.4 is 0 Å². The van der Waals surface area contributed by atoms with E-state index in [-0.39, 0.29) is 11.9 Å². The van der Waals surface area contributed by atoms with Crippen molar-refractivity contribution in [3.63, 3.8) is 0 Å². The van der Waals surface area contributed by atoms with Crippen molar-refractivity contribution in [2.24, 2.45) is 0 Å².